The van der Waals surface area contributed by atoms with Crippen LogP contribution in [0.25, 0.3) is 5.65 Å². The molecule has 0 aliphatic carbocycles. The lowest BCUT2D eigenvalue weighted by Crippen LogP contribution is -2.22. The molecule has 0 aliphatic heterocycles. The Morgan fingerprint density at radius 3 is 2.52 bits per heavy atom. The largest absolute Gasteiger partial charge is 0.283 e. The number of hydrogen-bond donors (Lipinski definition) is 0. The van der Waals surface area contributed by atoms with E-state index in [-0.39, 0.29) is 0 Å². The Balaban J connectivity index is 1.72. The van der Waals surface area contributed by atoms with Crippen molar-refractivity contribution in [2.75, 3.05) is 7.05 Å². The predicted molar refractivity (Wildman–Crippen MR) is 96.0 cm³/mol. The third kappa shape index (κ3) is 3.51. The molecule has 4 nitrogen and oxygen atoms in total. The van der Waals surface area contributed by atoms with E-state index in [4.69, 9.17) is 12.2 Å². The molecular formula is C18H22N4S. The molecule has 0 saturated heterocycles. The normalized spacial score (nSPS) is 11.7. The molecule has 2 aromatic heterocycles. The number of aromatic nitrogens is 3. The number of benzene rings is 1. The second-order valence-electron chi connectivity index (χ2n) is 6.26. The van der Waals surface area contributed by atoms with Gasteiger partial charge in [-0.25, -0.2) is 4.68 Å². The molecule has 0 N–H and O–H groups in total. The van der Waals surface area contributed by atoms with Gasteiger partial charge in [0.15, 0.2) is 5.65 Å². The van der Waals surface area contributed by atoms with Crippen molar-refractivity contribution < 1.29 is 0 Å². The fourth-order valence-electron chi connectivity index (χ4n) is 2.66. The standard InChI is InChI=1S/C18H22N4S/c1-14(2)16-9-7-15(8-10-16)12-20(3)13-22-18(23)21-11-5-4-6-17(21)19-22/h4-11,14H,12-13H2,1-3H3. The summed E-state index contributed by atoms with van der Waals surface area (Å²) in [6.07, 6.45) is 1.95. The van der Waals surface area contributed by atoms with Gasteiger partial charge in [0.2, 0.25) is 4.77 Å². The number of fused-ring (bicyclic) bond motifs is 1. The lowest BCUT2D eigenvalue weighted by molar-refractivity contribution is 0.244. The number of pyridine rings is 1. The Hall–Kier alpha value is -1.98. The first kappa shape index (κ1) is 15.9. The zero-order valence-corrected chi connectivity index (χ0v) is 14.6. The minimum absolute atomic E-state index is 0.568. The lowest BCUT2D eigenvalue weighted by Gasteiger charge is -2.17. The average Bonchev–Trinajstić information content (AvgIpc) is 2.84. The molecule has 0 spiro atoms. The van der Waals surface area contributed by atoms with E-state index in [1.165, 1.54) is 11.1 Å². The Morgan fingerprint density at radius 2 is 1.87 bits per heavy atom. The summed E-state index contributed by atoms with van der Waals surface area (Å²) in [4.78, 5) is 2.21. The summed E-state index contributed by atoms with van der Waals surface area (Å²) < 4.78 is 4.52. The van der Waals surface area contributed by atoms with Crippen LogP contribution in [0.4, 0.5) is 0 Å². The molecule has 5 heteroatoms. The molecule has 0 atom stereocenters. The first-order valence-corrected chi connectivity index (χ1v) is 8.27. The van der Waals surface area contributed by atoms with Crippen LogP contribution in [0.15, 0.2) is 48.7 Å². The fraction of sp³-hybridized carbons (Fsp3) is 0.333. The predicted octanol–water partition coefficient (Wildman–Crippen LogP) is 4.08. The van der Waals surface area contributed by atoms with Crippen molar-refractivity contribution in [3.63, 3.8) is 0 Å². The summed E-state index contributed by atoms with van der Waals surface area (Å²) in [5.41, 5.74) is 3.55. The Labute approximate surface area is 142 Å². The first-order chi connectivity index (χ1) is 11.0. The van der Waals surface area contributed by atoms with Crippen LogP contribution in [0.5, 0.6) is 0 Å². The summed E-state index contributed by atoms with van der Waals surface area (Å²) >= 11 is 5.49. The van der Waals surface area contributed by atoms with Crippen molar-refractivity contribution in [3.05, 3.63) is 64.6 Å². The average molecular weight is 326 g/mol. The van der Waals surface area contributed by atoms with Gasteiger partial charge < -0.3 is 0 Å². The quantitative estimate of drug-likeness (QED) is 0.661. The summed E-state index contributed by atoms with van der Waals surface area (Å²) in [5, 5.41) is 4.56. The van der Waals surface area contributed by atoms with Gasteiger partial charge in [0.1, 0.15) is 0 Å². The van der Waals surface area contributed by atoms with Crippen LogP contribution in [-0.2, 0) is 13.2 Å². The molecule has 0 aliphatic rings. The highest BCUT2D eigenvalue weighted by Gasteiger charge is 2.07. The monoisotopic (exact) mass is 326 g/mol. The lowest BCUT2D eigenvalue weighted by atomic mass is 10.0. The minimum Gasteiger partial charge on any atom is -0.283 e. The van der Waals surface area contributed by atoms with Gasteiger partial charge in [-0.05, 0) is 48.4 Å². The van der Waals surface area contributed by atoms with Gasteiger partial charge in [0.05, 0.1) is 6.67 Å². The van der Waals surface area contributed by atoms with E-state index in [1.807, 2.05) is 33.5 Å². The molecule has 1 aromatic carbocycles. The molecule has 0 fully saturated rings. The van der Waals surface area contributed by atoms with Crippen molar-refractivity contribution in [1.29, 1.82) is 0 Å². The van der Waals surface area contributed by atoms with Gasteiger partial charge in [0, 0.05) is 12.7 Å². The van der Waals surface area contributed by atoms with E-state index in [0.717, 1.165) is 17.0 Å². The highest BCUT2D eigenvalue weighted by molar-refractivity contribution is 7.71. The summed E-state index contributed by atoms with van der Waals surface area (Å²) in [6, 6.07) is 14.7. The maximum Gasteiger partial charge on any atom is 0.203 e. The summed E-state index contributed by atoms with van der Waals surface area (Å²) in [6.45, 7) is 5.97. The Morgan fingerprint density at radius 1 is 1.13 bits per heavy atom. The van der Waals surface area contributed by atoms with Crippen molar-refractivity contribution >= 4 is 17.9 Å². The molecule has 3 rings (SSSR count). The maximum absolute atomic E-state index is 5.49. The fourth-order valence-corrected chi connectivity index (χ4v) is 2.91. The summed E-state index contributed by atoms with van der Waals surface area (Å²) in [5.74, 6) is 0.568. The molecule has 0 amide bonds. The van der Waals surface area contributed by atoms with Gasteiger partial charge in [-0.3, -0.25) is 9.30 Å². The van der Waals surface area contributed by atoms with Crippen LogP contribution >= 0.6 is 12.2 Å². The molecular weight excluding hydrogens is 304 g/mol. The second-order valence-corrected chi connectivity index (χ2v) is 6.63. The Kier molecular flexibility index (Phi) is 4.59. The third-order valence-electron chi connectivity index (χ3n) is 3.96. The smallest absolute Gasteiger partial charge is 0.203 e. The van der Waals surface area contributed by atoms with E-state index >= 15 is 0 Å². The van der Waals surface area contributed by atoms with Gasteiger partial charge in [0.25, 0.3) is 0 Å². The third-order valence-corrected chi connectivity index (χ3v) is 4.37. The maximum atomic E-state index is 5.49. The number of hydrogen-bond acceptors (Lipinski definition) is 3. The van der Waals surface area contributed by atoms with E-state index < -0.39 is 0 Å². The molecule has 0 radical (unpaired) electrons. The molecule has 0 saturated carbocycles. The van der Waals surface area contributed by atoms with E-state index in [9.17, 15) is 0 Å². The van der Waals surface area contributed by atoms with Crippen molar-refractivity contribution in [1.82, 2.24) is 19.1 Å². The molecule has 3 aromatic rings. The number of rotatable bonds is 5. The van der Waals surface area contributed by atoms with Crippen LogP contribution < -0.4 is 0 Å². The SMILES string of the molecule is CC(C)c1ccc(CN(C)Cn2nc3ccccn3c2=S)cc1. The van der Waals surface area contributed by atoms with Gasteiger partial charge in [-0.2, -0.15) is 5.10 Å². The van der Waals surface area contributed by atoms with Crippen LogP contribution in [0.3, 0.4) is 0 Å². The zero-order valence-electron chi connectivity index (χ0n) is 13.8. The topological polar surface area (TPSA) is 25.5 Å². The van der Waals surface area contributed by atoms with E-state index in [0.29, 0.717) is 12.6 Å². The van der Waals surface area contributed by atoms with Crippen LogP contribution in [0.1, 0.15) is 30.9 Å². The van der Waals surface area contributed by atoms with Crippen molar-refractivity contribution in [2.24, 2.45) is 0 Å². The minimum atomic E-state index is 0.568. The molecule has 2 heterocycles. The highest BCUT2D eigenvalue weighted by atomic mass is 32.1. The van der Waals surface area contributed by atoms with Crippen molar-refractivity contribution in [2.45, 2.75) is 33.0 Å². The van der Waals surface area contributed by atoms with E-state index in [2.05, 4.69) is 55.2 Å². The first-order valence-electron chi connectivity index (χ1n) is 7.86. The van der Waals surface area contributed by atoms with Gasteiger partial charge >= 0.3 is 0 Å². The van der Waals surface area contributed by atoms with Crippen LogP contribution in [-0.4, -0.2) is 26.1 Å². The van der Waals surface area contributed by atoms with Crippen LogP contribution in [0, 0.1) is 4.77 Å². The van der Waals surface area contributed by atoms with E-state index in [1.54, 1.807) is 0 Å². The highest BCUT2D eigenvalue weighted by Crippen LogP contribution is 2.15. The second kappa shape index (κ2) is 6.64. The summed E-state index contributed by atoms with van der Waals surface area (Å²) in [7, 11) is 2.09. The van der Waals surface area contributed by atoms with Gasteiger partial charge in [-0.1, -0.05) is 44.2 Å². The van der Waals surface area contributed by atoms with Crippen molar-refractivity contribution in [3.8, 4) is 0 Å². The van der Waals surface area contributed by atoms with Gasteiger partial charge in [-0.15, -0.1) is 0 Å². The number of nitrogens with zero attached hydrogens (tertiary/aromatic N) is 4. The van der Waals surface area contributed by atoms with Crippen LogP contribution in [0.2, 0.25) is 0 Å². The molecule has 23 heavy (non-hydrogen) atoms. The zero-order chi connectivity index (χ0) is 16.4. The Bertz CT molecular complexity index is 845. The molecule has 0 bridgehead atoms. The molecule has 120 valence electrons. The molecule has 0 unspecified atom stereocenters.